The van der Waals surface area contributed by atoms with Crippen LogP contribution in [0.3, 0.4) is 0 Å². The third-order valence-electron chi connectivity index (χ3n) is 3.47. The number of aromatic nitrogens is 1. The third-order valence-corrected chi connectivity index (χ3v) is 4.06. The summed E-state index contributed by atoms with van der Waals surface area (Å²) in [6.45, 7) is 6.05. The van der Waals surface area contributed by atoms with Crippen molar-refractivity contribution in [2.45, 2.75) is 6.04 Å². The second kappa shape index (κ2) is 4.72. The highest BCUT2D eigenvalue weighted by Gasteiger charge is 2.35. The van der Waals surface area contributed by atoms with E-state index in [1.165, 1.54) is 11.3 Å². The summed E-state index contributed by atoms with van der Waals surface area (Å²) in [5.41, 5.74) is 2.30. The molecule has 1 N–H and O–H groups in total. The molecule has 0 bridgehead atoms. The molecule has 0 radical (unpaired) electrons. The molecule has 0 atom stereocenters. The van der Waals surface area contributed by atoms with Gasteiger partial charge in [-0.15, -0.1) is 11.3 Å². The van der Waals surface area contributed by atoms with Crippen LogP contribution in [0.15, 0.2) is 10.9 Å². The Hall–Kier alpha value is -0.980. The molecule has 0 unspecified atom stereocenters. The Bertz CT molecular complexity index is 382. The van der Waals surface area contributed by atoms with Crippen LogP contribution >= 0.6 is 11.3 Å². The zero-order chi connectivity index (χ0) is 11.7. The first-order chi connectivity index (χ1) is 8.34. The van der Waals surface area contributed by atoms with Crippen molar-refractivity contribution in [2.24, 2.45) is 0 Å². The number of likely N-dealkylation sites (tertiary alicyclic amines) is 1. The van der Waals surface area contributed by atoms with E-state index < -0.39 is 0 Å². The number of hydrogen-bond donors (Lipinski definition) is 1. The number of rotatable bonds is 2. The van der Waals surface area contributed by atoms with E-state index in [9.17, 15) is 4.79 Å². The molecule has 92 valence electrons. The molecule has 0 aromatic carbocycles. The van der Waals surface area contributed by atoms with Gasteiger partial charge in [0, 0.05) is 50.7 Å². The molecule has 1 aromatic heterocycles. The Balaban J connectivity index is 1.52. The minimum absolute atomic E-state index is 0.0811. The van der Waals surface area contributed by atoms with Crippen molar-refractivity contribution in [3.05, 3.63) is 16.6 Å². The van der Waals surface area contributed by atoms with Crippen LogP contribution in [0.2, 0.25) is 0 Å². The molecule has 0 spiro atoms. The van der Waals surface area contributed by atoms with Gasteiger partial charge < -0.3 is 10.2 Å². The van der Waals surface area contributed by atoms with Crippen LogP contribution < -0.4 is 5.32 Å². The highest BCUT2D eigenvalue weighted by Crippen LogP contribution is 2.18. The van der Waals surface area contributed by atoms with E-state index in [-0.39, 0.29) is 5.91 Å². The Kier molecular flexibility index (Phi) is 3.09. The summed E-state index contributed by atoms with van der Waals surface area (Å²) in [6, 6.07) is 0.555. The lowest BCUT2D eigenvalue weighted by Crippen LogP contribution is -2.63. The zero-order valence-corrected chi connectivity index (χ0v) is 10.4. The second-order valence-electron chi connectivity index (χ2n) is 4.52. The van der Waals surface area contributed by atoms with Gasteiger partial charge in [-0.25, -0.2) is 4.98 Å². The molecule has 3 rings (SSSR count). The molecule has 2 aliphatic rings. The minimum atomic E-state index is 0.0811. The van der Waals surface area contributed by atoms with Gasteiger partial charge in [-0.1, -0.05) is 0 Å². The van der Waals surface area contributed by atoms with Crippen LogP contribution in [-0.4, -0.2) is 66.0 Å². The summed E-state index contributed by atoms with van der Waals surface area (Å²) in [4.78, 5) is 20.4. The Morgan fingerprint density at radius 3 is 2.82 bits per heavy atom. The van der Waals surface area contributed by atoms with Crippen LogP contribution in [0.4, 0.5) is 0 Å². The molecule has 1 amide bonds. The number of carbonyl (C=O) groups excluding carboxylic acids is 1. The summed E-state index contributed by atoms with van der Waals surface area (Å²) < 4.78 is 0. The van der Waals surface area contributed by atoms with Gasteiger partial charge in [0.1, 0.15) is 5.69 Å². The monoisotopic (exact) mass is 252 g/mol. The molecular weight excluding hydrogens is 236 g/mol. The van der Waals surface area contributed by atoms with Gasteiger partial charge in [0.05, 0.1) is 5.51 Å². The van der Waals surface area contributed by atoms with E-state index in [2.05, 4.69) is 15.2 Å². The summed E-state index contributed by atoms with van der Waals surface area (Å²) in [7, 11) is 0. The largest absolute Gasteiger partial charge is 0.334 e. The predicted octanol–water partition coefficient (Wildman–Crippen LogP) is -0.127. The second-order valence-corrected chi connectivity index (χ2v) is 5.24. The van der Waals surface area contributed by atoms with E-state index >= 15 is 0 Å². The average Bonchev–Trinajstić information content (AvgIpc) is 2.81. The molecule has 17 heavy (non-hydrogen) atoms. The van der Waals surface area contributed by atoms with Crippen LogP contribution in [0.25, 0.3) is 0 Å². The molecule has 2 saturated heterocycles. The molecule has 6 heteroatoms. The quantitative estimate of drug-likeness (QED) is 0.797. The van der Waals surface area contributed by atoms with E-state index in [0.717, 1.165) is 39.3 Å². The molecule has 1 aromatic rings. The molecule has 0 saturated carbocycles. The molecule has 3 heterocycles. The number of amides is 1. The van der Waals surface area contributed by atoms with Gasteiger partial charge in [0.15, 0.2) is 0 Å². The van der Waals surface area contributed by atoms with Crippen LogP contribution in [0.1, 0.15) is 10.5 Å². The van der Waals surface area contributed by atoms with E-state index in [4.69, 9.17) is 0 Å². The fraction of sp³-hybridized carbons (Fsp3) is 0.636. The number of piperazine rings is 1. The maximum Gasteiger partial charge on any atom is 0.273 e. The number of nitrogens with one attached hydrogen (secondary N) is 1. The number of thiazole rings is 1. The lowest BCUT2D eigenvalue weighted by molar-refractivity contribution is 0.0223. The van der Waals surface area contributed by atoms with Crippen molar-refractivity contribution in [3.8, 4) is 0 Å². The van der Waals surface area contributed by atoms with Crippen LogP contribution in [0.5, 0.6) is 0 Å². The van der Waals surface area contributed by atoms with Crippen molar-refractivity contribution in [1.29, 1.82) is 0 Å². The van der Waals surface area contributed by atoms with Crippen LogP contribution in [0, 0.1) is 0 Å². The normalized spacial score (nSPS) is 22.5. The fourth-order valence-electron chi connectivity index (χ4n) is 2.38. The van der Waals surface area contributed by atoms with Gasteiger partial charge in [-0.2, -0.15) is 0 Å². The molecule has 2 fully saturated rings. The van der Waals surface area contributed by atoms with Gasteiger partial charge in [-0.3, -0.25) is 9.69 Å². The molecule has 2 aliphatic heterocycles. The number of carbonyl (C=O) groups is 1. The van der Waals surface area contributed by atoms with E-state index in [1.54, 1.807) is 5.51 Å². The zero-order valence-electron chi connectivity index (χ0n) is 9.63. The lowest BCUT2D eigenvalue weighted by Gasteiger charge is -2.46. The van der Waals surface area contributed by atoms with Gasteiger partial charge in [0.2, 0.25) is 0 Å². The summed E-state index contributed by atoms with van der Waals surface area (Å²) in [5, 5.41) is 5.16. The standard InChI is InChI=1S/C11H16N4OS/c16-11(10-7-17-8-13-10)15-5-9(6-15)14-3-1-12-2-4-14/h7-9,12H,1-6H2. The SMILES string of the molecule is O=C(c1cscn1)N1CC(N2CCNCC2)C1. The highest BCUT2D eigenvalue weighted by molar-refractivity contribution is 7.07. The van der Waals surface area contributed by atoms with Crippen molar-refractivity contribution in [1.82, 2.24) is 20.1 Å². The molecule has 0 aliphatic carbocycles. The summed E-state index contributed by atoms with van der Waals surface area (Å²) in [6.07, 6.45) is 0. The van der Waals surface area contributed by atoms with E-state index in [0.29, 0.717) is 11.7 Å². The first-order valence-electron chi connectivity index (χ1n) is 5.97. The molecule has 5 nitrogen and oxygen atoms in total. The number of nitrogens with zero attached hydrogens (tertiary/aromatic N) is 3. The van der Waals surface area contributed by atoms with Crippen molar-refractivity contribution in [2.75, 3.05) is 39.3 Å². The lowest BCUT2D eigenvalue weighted by atomic mass is 10.1. The van der Waals surface area contributed by atoms with E-state index in [1.807, 2.05) is 10.3 Å². The average molecular weight is 252 g/mol. The summed E-state index contributed by atoms with van der Waals surface area (Å²) in [5.74, 6) is 0.0811. The molecular formula is C11H16N4OS. The minimum Gasteiger partial charge on any atom is -0.334 e. The maximum absolute atomic E-state index is 12.0. The van der Waals surface area contributed by atoms with Gasteiger partial charge in [-0.05, 0) is 0 Å². The van der Waals surface area contributed by atoms with Gasteiger partial charge in [0.25, 0.3) is 5.91 Å². The van der Waals surface area contributed by atoms with Gasteiger partial charge >= 0.3 is 0 Å². The highest BCUT2D eigenvalue weighted by atomic mass is 32.1. The Labute approximate surface area is 104 Å². The summed E-state index contributed by atoms with van der Waals surface area (Å²) >= 11 is 1.47. The smallest absolute Gasteiger partial charge is 0.273 e. The van der Waals surface area contributed by atoms with Crippen molar-refractivity contribution < 1.29 is 4.79 Å². The van der Waals surface area contributed by atoms with Crippen molar-refractivity contribution >= 4 is 17.2 Å². The topological polar surface area (TPSA) is 48.5 Å². The fourth-order valence-corrected chi connectivity index (χ4v) is 2.91. The first-order valence-corrected chi connectivity index (χ1v) is 6.91. The predicted molar refractivity (Wildman–Crippen MR) is 66.2 cm³/mol. The van der Waals surface area contributed by atoms with Crippen molar-refractivity contribution in [3.63, 3.8) is 0 Å². The first kappa shape index (κ1) is 11.1. The van der Waals surface area contributed by atoms with Crippen LogP contribution in [-0.2, 0) is 0 Å². The number of hydrogen-bond acceptors (Lipinski definition) is 5. The Morgan fingerprint density at radius 1 is 1.41 bits per heavy atom. The third kappa shape index (κ3) is 2.20. The maximum atomic E-state index is 12.0. The Morgan fingerprint density at radius 2 is 2.18 bits per heavy atom.